The second-order valence-electron chi connectivity index (χ2n) is 4.27. The molecule has 1 saturated heterocycles. The van der Waals surface area contributed by atoms with Crippen LogP contribution in [0.2, 0.25) is 0 Å². The first kappa shape index (κ1) is 13.3. The van der Waals surface area contributed by atoms with Crippen LogP contribution in [0.25, 0.3) is 0 Å². The van der Waals surface area contributed by atoms with Crippen LogP contribution >= 0.6 is 0 Å². The molecule has 9 heteroatoms. The number of aryl methyl sites for hydroxylation is 1. The van der Waals surface area contributed by atoms with E-state index in [1.807, 2.05) is 0 Å². The minimum atomic E-state index is -0.572. The zero-order valence-electron chi connectivity index (χ0n) is 10.6. The molecule has 1 fully saturated rings. The molecule has 104 valence electrons. The molecule has 1 aromatic heterocycles. The van der Waals surface area contributed by atoms with Crippen LogP contribution in [0.3, 0.4) is 0 Å². The van der Waals surface area contributed by atoms with Crippen molar-refractivity contribution in [2.24, 2.45) is 7.05 Å². The lowest BCUT2D eigenvalue weighted by molar-refractivity contribution is -0.388. The molecule has 2 heterocycles. The molecule has 0 aliphatic carbocycles. The number of amides is 1. The molecule has 0 bridgehead atoms. The van der Waals surface area contributed by atoms with Gasteiger partial charge in [0.05, 0.1) is 6.54 Å². The van der Waals surface area contributed by atoms with Gasteiger partial charge in [-0.2, -0.15) is 0 Å². The van der Waals surface area contributed by atoms with Crippen LogP contribution in [-0.2, 0) is 11.8 Å². The molecular weight excluding hydrogens is 252 g/mol. The fourth-order valence-electron chi connectivity index (χ4n) is 1.94. The monoisotopic (exact) mass is 268 g/mol. The van der Waals surface area contributed by atoms with Crippen molar-refractivity contribution in [2.75, 3.05) is 38.0 Å². The van der Waals surface area contributed by atoms with Gasteiger partial charge in [0.15, 0.2) is 0 Å². The van der Waals surface area contributed by atoms with E-state index in [0.29, 0.717) is 13.1 Å². The van der Waals surface area contributed by atoms with Gasteiger partial charge in [0.1, 0.15) is 0 Å². The number of piperazine rings is 1. The summed E-state index contributed by atoms with van der Waals surface area (Å²) in [7, 11) is 1.64. The molecule has 0 aromatic carbocycles. The third kappa shape index (κ3) is 2.99. The Labute approximate surface area is 109 Å². The molecule has 19 heavy (non-hydrogen) atoms. The molecule has 2 N–H and O–H groups in total. The minimum absolute atomic E-state index is 0.0281. The number of imidazole rings is 1. The van der Waals surface area contributed by atoms with Crippen molar-refractivity contribution in [3.8, 4) is 0 Å². The fourth-order valence-corrected chi connectivity index (χ4v) is 1.94. The highest BCUT2D eigenvalue weighted by atomic mass is 16.6. The smallest absolute Gasteiger partial charge is 0.358 e. The van der Waals surface area contributed by atoms with Gasteiger partial charge in [-0.05, 0) is 9.91 Å². The Hall–Kier alpha value is -2.16. The first-order valence-corrected chi connectivity index (χ1v) is 5.97. The fraction of sp³-hybridized carbons (Fsp3) is 0.600. The number of nitrogens with one attached hydrogen (secondary N) is 2. The van der Waals surface area contributed by atoms with E-state index in [9.17, 15) is 14.9 Å². The Morgan fingerprint density at radius 1 is 1.58 bits per heavy atom. The predicted molar refractivity (Wildman–Crippen MR) is 67.8 cm³/mol. The van der Waals surface area contributed by atoms with E-state index in [-0.39, 0.29) is 24.1 Å². The molecule has 0 spiro atoms. The maximum atomic E-state index is 11.9. The van der Waals surface area contributed by atoms with Crippen molar-refractivity contribution in [3.05, 3.63) is 16.4 Å². The highest BCUT2D eigenvalue weighted by molar-refractivity contribution is 5.81. The summed E-state index contributed by atoms with van der Waals surface area (Å²) in [5.74, 6) is -0.0962. The van der Waals surface area contributed by atoms with Crippen molar-refractivity contribution < 1.29 is 9.72 Å². The van der Waals surface area contributed by atoms with Crippen LogP contribution in [0.15, 0.2) is 6.33 Å². The first-order chi connectivity index (χ1) is 9.09. The molecule has 1 aromatic rings. The molecule has 0 unspecified atom stereocenters. The highest BCUT2D eigenvalue weighted by Gasteiger charge is 2.22. The largest absolute Gasteiger partial charge is 0.406 e. The zero-order chi connectivity index (χ0) is 13.8. The van der Waals surface area contributed by atoms with Crippen LogP contribution in [0.4, 0.5) is 11.6 Å². The Bertz CT molecular complexity index is 480. The molecule has 2 rings (SSSR count). The van der Waals surface area contributed by atoms with Gasteiger partial charge in [-0.1, -0.05) is 0 Å². The summed E-state index contributed by atoms with van der Waals surface area (Å²) in [6.45, 7) is 2.90. The van der Waals surface area contributed by atoms with Gasteiger partial charge in [-0.25, -0.2) is 0 Å². The van der Waals surface area contributed by atoms with Crippen LogP contribution in [0.1, 0.15) is 0 Å². The summed E-state index contributed by atoms with van der Waals surface area (Å²) in [5, 5.41) is 16.7. The summed E-state index contributed by atoms with van der Waals surface area (Å²) in [4.78, 5) is 27.5. The van der Waals surface area contributed by atoms with Crippen LogP contribution in [-0.4, -0.2) is 58.0 Å². The van der Waals surface area contributed by atoms with Crippen molar-refractivity contribution in [1.82, 2.24) is 19.8 Å². The average molecular weight is 268 g/mol. The molecule has 9 nitrogen and oxygen atoms in total. The number of aromatic nitrogens is 2. The summed E-state index contributed by atoms with van der Waals surface area (Å²) in [6, 6.07) is 0. The van der Waals surface area contributed by atoms with Crippen molar-refractivity contribution >= 4 is 17.5 Å². The lowest BCUT2D eigenvalue weighted by Gasteiger charge is -2.27. The third-order valence-corrected chi connectivity index (χ3v) is 2.97. The quantitative estimate of drug-likeness (QED) is 0.545. The summed E-state index contributed by atoms with van der Waals surface area (Å²) < 4.78 is 1.49. The maximum absolute atomic E-state index is 11.9. The van der Waals surface area contributed by atoms with Gasteiger partial charge in [-0.3, -0.25) is 9.36 Å². The maximum Gasteiger partial charge on any atom is 0.406 e. The standard InChI is InChI=1S/C10H16N6O3/c1-14-7-13-10(16(18)19)9(14)12-6-8(17)15-4-2-11-3-5-15/h7,11-12H,2-6H2,1H3. The Morgan fingerprint density at radius 2 is 2.26 bits per heavy atom. The normalized spacial score (nSPS) is 15.3. The van der Waals surface area contributed by atoms with Gasteiger partial charge in [0.25, 0.3) is 0 Å². The Balaban J connectivity index is 1.96. The summed E-state index contributed by atoms with van der Waals surface area (Å²) in [5.41, 5.74) is 0. The van der Waals surface area contributed by atoms with Crippen molar-refractivity contribution in [2.45, 2.75) is 0 Å². The predicted octanol–water partition coefficient (Wildman–Crippen LogP) is -0.828. The van der Waals surface area contributed by atoms with Crippen molar-refractivity contribution in [1.29, 1.82) is 0 Å². The highest BCUT2D eigenvalue weighted by Crippen LogP contribution is 2.20. The molecule has 0 radical (unpaired) electrons. The van der Waals surface area contributed by atoms with E-state index in [4.69, 9.17) is 0 Å². The topological polar surface area (TPSA) is 105 Å². The zero-order valence-corrected chi connectivity index (χ0v) is 10.6. The van der Waals surface area contributed by atoms with E-state index in [0.717, 1.165) is 13.1 Å². The SMILES string of the molecule is Cn1cnc([N+](=O)[O-])c1NCC(=O)N1CCNCC1. The number of anilines is 1. The molecular formula is C10H16N6O3. The summed E-state index contributed by atoms with van der Waals surface area (Å²) >= 11 is 0. The van der Waals surface area contributed by atoms with Gasteiger partial charge >= 0.3 is 5.82 Å². The van der Waals surface area contributed by atoms with Gasteiger partial charge in [-0.15, -0.1) is 0 Å². The van der Waals surface area contributed by atoms with E-state index >= 15 is 0 Å². The molecule has 1 amide bonds. The summed E-state index contributed by atoms with van der Waals surface area (Å²) in [6.07, 6.45) is 1.34. The Morgan fingerprint density at radius 3 is 2.89 bits per heavy atom. The molecule has 1 aliphatic rings. The minimum Gasteiger partial charge on any atom is -0.358 e. The lowest BCUT2D eigenvalue weighted by atomic mass is 10.3. The van der Waals surface area contributed by atoms with Crippen LogP contribution < -0.4 is 10.6 Å². The number of hydrogen-bond acceptors (Lipinski definition) is 6. The van der Waals surface area contributed by atoms with Crippen LogP contribution in [0, 0.1) is 10.1 Å². The van der Waals surface area contributed by atoms with Gasteiger partial charge < -0.3 is 25.6 Å². The number of carbonyl (C=O) groups excluding carboxylic acids is 1. The Kier molecular flexibility index (Phi) is 3.95. The second-order valence-corrected chi connectivity index (χ2v) is 4.27. The number of nitrogens with zero attached hydrogens (tertiary/aromatic N) is 4. The first-order valence-electron chi connectivity index (χ1n) is 5.97. The van der Waals surface area contributed by atoms with E-state index < -0.39 is 4.92 Å². The van der Waals surface area contributed by atoms with Crippen molar-refractivity contribution in [3.63, 3.8) is 0 Å². The van der Waals surface area contributed by atoms with E-state index in [1.54, 1.807) is 11.9 Å². The second kappa shape index (κ2) is 5.65. The molecule has 1 aliphatic heterocycles. The van der Waals surface area contributed by atoms with Gasteiger partial charge in [0, 0.05) is 33.2 Å². The number of carbonyl (C=O) groups is 1. The number of nitro groups is 1. The molecule has 0 atom stereocenters. The van der Waals surface area contributed by atoms with Crippen LogP contribution in [0.5, 0.6) is 0 Å². The molecule has 0 saturated carbocycles. The third-order valence-electron chi connectivity index (χ3n) is 2.97. The number of rotatable bonds is 4. The number of hydrogen-bond donors (Lipinski definition) is 2. The van der Waals surface area contributed by atoms with E-state index in [2.05, 4.69) is 15.6 Å². The lowest BCUT2D eigenvalue weighted by Crippen LogP contribution is -2.48. The van der Waals surface area contributed by atoms with E-state index in [1.165, 1.54) is 10.9 Å². The van der Waals surface area contributed by atoms with Gasteiger partial charge in [0.2, 0.25) is 18.1 Å². The average Bonchev–Trinajstić information content (AvgIpc) is 2.78.